The van der Waals surface area contributed by atoms with Crippen molar-refractivity contribution in [1.82, 2.24) is 4.90 Å². The number of amides is 1. The third-order valence-corrected chi connectivity index (χ3v) is 3.89. The fourth-order valence-corrected chi connectivity index (χ4v) is 3.04. The first-order valence-corrected chi connectivity index (χ1v) is 6.65. The average molecular weight is 281 g/mol. The van der Waals surface area contributed by atoms with Crippen molar-refractivity contribution in [3.05, 3.63) is 11.3 Å². The van der Waals surface area contributed by atoms with Gasteiger partial charge in [0.15, 0.2) is 0 Å². The molecule has 20 heavy (non-hydrogen) atoms. The number of hydrogen-bond donors (Lipinski definition) is 3. The number of nitrogens with zero attached hydrogens (tertiary/aromatic N) is 2. The van der Waals surface area contributed by atoms with Crippen molar-refractivity contribution in [2.45, 2.75) is 38.3 Å². The molecular weight excluding hydrogens is 262 g/mol. The van der Waals surface area contributed by atoms with E-state index >= 15 is 0 Å². The lowest BCUT2D eigenvalue weighted by molar-refractivity contribution is -0.161. The highest BCUT2D eigenvalue weighted by Gasteiger charge is 2.56. The van der Waals surface area contributed by atoms with Gasteiger partial charge in [-0.3, -0.25) is 9.79 Å². The molecule has 0 radical (unpaired) electrons. The number of carbonyl (C=O) groups is 2. The fraction of sp³-hybridized carbons (Fsp3) is 0.615. The second-order valence-corrected chi connectivity index (χ2v) is 5.16. The van der Waals surface area contributed by atoms with Crippen molar-refractivity contribution in [3.8, 4) is 0 Å². The molecule has 0 aromatic rings. The van der Waals surface area contributed by atoms with E-state index in [1.807, 2.05) is 0 Å². The molecule has 0 bridgehead atoms. The van der Waals surface area contributed by atoms with Crippen molar-refractivity contribution < 1.29 is 19.8 Å². The number of carbonyl (C=O) groups excluding carboxylic acids is 1. The van der Waals surface area contributed by atoms with E-state index in [1.165, 1.54) is 11.2 Å². The van der Waals surface area contributed by atoms with E-state index in [2.05, 4.69) is 4.99 Å². The number of fused-ring (bicyclic) bond motifs is 1. The van der Waals surface area contributed by atoms with Crippen LogP contribution in [0.15, 0.2) is 16.3 Å². The van der Waals surface area contributed by atoms with Crippen LogP contribution >= 0.6 is 0 Å². The maximum absolute atomic E-state index is 11.9. The first kappa shape index (κ1) is 14.5. The van der Waals surface area contributed by atoms with E-state index in [-0.39, 0.29) is 17.6 Å². The highest BCUT2D eigenvalue weighted by molar-refractivity contribution is 5.99. The molecule has 7 heteroatoms. The van der Waals surface area contributed by atoms with Crippen molar-refractivity contribution in [2.24, 2.45) is 16.6 Å². The molecule has 2 heterocycles. The van der Waals surface area contributed by atoms with Crippen LogP contribution in [0.25, 0.3) is 0 Å². The van der Waals surface area contributed by atoms with Crippen LogP contribution in [0.1, 0.15) is 26.2 Å². The Labute approximate surface area is 116 Å². The van der Waals surface area contributed by atoms with E-state index in [9.17, 15) is 19.8 Å². The van der Waals surface area contributed by atoms with Crippen LogP contribution in [0.5, 0.6) is 0 Å². The lowest BCUT2D eigenvalue weighted by Crippen LogP contribution is -2.61. The van der Waals surface area contributed by atoms with Crippen LogP contribution < -0.4 is 5.73 Å². The van der Waals surface area contributed by atoms with Gasteiger partial charge in [-0.2, -0.15) is 0 Å². The Morgan fingerprint density at radius 1 is 1.65 bits per heavy atom. The van der Waals surface area contributed by atoms with E-state index in [0.717, 1.165) is 5.57 Å². The zero-order chi connectivity index (χ0) is 14.9. The Morgan fingerprint density at radius 2 is 2.35 bits per heavy atom. The molecule has 3 atom stereocenters. The quantitative estimate of drug-likeness (QED) is 0.267. The summed E-state index contributed by atoms with van der Waals surface area (Å²) < 4.78 is 0. The van der Waals surface area contributed by atoms with Crippen LogP contribution in [0.4, 0.5) is 0 Å². The molecule has 0 aromatic heterocycles. The molecule has 1 amide bonds. The smallest absolute Gasteiger partial charge is 0.352 e. The normalized spacial score (nSPS) is 26.9. The third-order valence-electron chi connectivity index (χ3n) is 3.89. The van der Waals surface area contributed by atoms with Gasteiger partial charge in [0.2, 0.25) is 5.91 Å². The SMILES string of the molecule is C[C@@H](O)[C@H]1C(=O)N2C(C(=O)O)=C(CCCN=CN)C[C@H]12. The molecular formula is C13H19N3O4. The zero-order valence-corrected chi connectivity index (χ0v) is 11.3. The van der Waals surface area contributed by atoms with E-state index in [0.29, 0.717) is 25.8 Å². The number of nitrogens with two attached hydrogens (primary N) is 1. The van der Waals surface area contributed by atoms with Gasteiger partial charge < -0.3 is 20.8 Å². The number of aliphatic carboxylic acids is 1. The maximum Gasteiger partial charge on any atom is 0.352 e. The molecule has 1 saturated heterocycles. The topological polar surface area (TPSA) is 116 Å². The van der Waals surface area contributed by atoms with Crippen molar-refractivity contribution in [2.75, 3.05) is 6.54 Å². The largest absolute Gasteiger partial charge is 0.477 e. The maximum atomic E-state index is 11.9. The Morgan fingerprint density at radius 3 is 2.90 bits per heavy atom. The Balaban J connectivity index is 2.11. The first-order valence-electron chi connectivity index (χ1n) is 6.65. The van der Waals surface area contributed by atoms with Crippen molar-refractivity contribution >= 4 is 18.2 Å². The monoisotopic (exact) mass is 281 g/mol. The summed E-state index contributed by atoms with van der Waals surface area (Å²) in [4.78, 5) is 28.5. The van der Waals surface area contributed by atoms with E-state index < -0.39 is 18.0 Å². The average Bonchev–Trinajstić information content (AvgIpc) is 2.69. The standard InChI is InChI=1S/C13H19N3O4/c1-7(17)10-9-5-8(3-2-4-15-6-14)11(13(19)20)16(9)12(10)18/h6-7,9-10,17H,2-5H2,1H3,(H2,14,15)(H,19,20)/t7-,9-,10-/m1/s1. The van der Waals surface area contributed by atoms with Crippen molar-refractivity contribution in [1.29, 1.82) is 0 Å². The molecule has 0 unspecified atom stereocenters. The number of rotatable bonds is 6. The molecule has 4 N–H and O–H groups in total. The number of aliphatic imine (C=N–C) groups is 1. The predicted molar refractivity (Wildman–Crippen MR) is 71.9 cm³/mol. The van der Waals surface area contributed by atoms with Crippen LogP contribution in [0.2, 0.25) is 0 Å². The van der Waals surface area contributed by atoms with Gasteiger partial charge in [0.1, 0.15) is 5.70 Å². The molecule has 7 nitrogen and oxygen atoms in total. The number of carboxylic acids is 1. The second kappa shape index (κ2) is 5.62. The number of carboxylic acid groups (broad SMARTS) is 1. The molecule has 110 valence electrons. The van der Waals surface area contributed by atoms with Crippen LogP contribution in [0.3, 0.4) is 0 Å². The Kier molecular flexibility index (Phi) is 4.08. The summed E-state index contributed by atoms with van der Waals surface area (Å²) in [5, 5.41) is 18.9. The lowest BCUT2D eigenvalue weighted by Gasteiger charge is -2.44. The summed E-state index contributed by atoms with van der Waals surface area (Å²) in [6.07, 6.45) is 2.26. The summed E-state index contributed by atoms with van der Waals surface area (Å²) in [6, 6.07) is -0.207. The second-order valence-electron chi connectivity index (χ2n) is 5.16. The van der Waals surface area contributed by atoms with E-state index in [1.54, 1.807) is 6.92 Å². The van der Waals surface area contributed by atoms with Crippen LogP contribution in [-0.2, 0) is 9.59 Å². The van der Waals surface area contributed by atoms with E-state index in [4.69, 9.17) is 5.73 Å². The summed E-state index contributed by atoms with van der Waals surface area (Å²) in [5.41, 5.74) is 5.99. The molecule has 2 aliphatic heterocycles. The minimum atomic E-state index is -1.08. The predicted octanol–water partition coefficient (Wildman–Crippen LogP) is -0.296. The molecule has 0 spiro atoms. The van der Waals surface area contributed by atoms with Gasteiger partial charge in [-0.15, -0.1) is 0 Å². The summed E-state index contributed by atoms with van der Waals surface area (Å²) in [7, 11) is 0. The summed E-state index contributed by atoms with van der Waals surface area (Å²) in [5.74, 6) is -1.86. The minimum absolute atomic E-state index is 0.0913. The van der Waals surface area contributed by atoms with Gasteiger partial charge in [-0.1, -0.05) is 0 Å². The lowest BCUT2D eigenvalue weighted by atomic mass is 9.83. The Bertz CT molecular complexity index is 484. The van der Waals surface area contributed by atoms with Gasteiger partial charge in [0.25, 0.3) is 0 Å². The van der Waals surface area contributed by atoms with Crippen molar-refractivity contribution in [3.63, 3.8) is 0 Å². The third kappa shape index (κ3) is 2.29. The number of aliphatic hydroxyl groups is 1. The molecule has 0 aromatic carbocycles. The molecule has 2 rings (SSSR count). The molecule has 2 aliphatic rings. The number of β-lactam (4-membered cyclic amide) rings is 1. The number of aliphatic hydroxyl groups excluding tert-OH is 1. The fourth-order valence-electron chi connectivity index (χ4n) is 3.04. The van der Waals surface area contributed by atoms with Gasteiger partial charge in [-0.25, -0.2) is 4.79 Å². The molecule has 0 saturated carbocycles. The van der Waals surface area contributed by atoms with Crippen LogP contribution in [0, 0.1) is 5.92 Å². The van der Waals surface area contributed by atoms with Gasteiger partial charge in [0.05, 0.1) is 24.4 Å². The Hall–Kier alpha value is -1.89. The first-order chi connectivity index (χ1) is 9.49. The summed E-state index contributed by atoms with van der Waals surface area (Å²) in [6.45, 7) is 2.10. The van der Waals surface area contributed by atoms with Gasteiger partial charge in [-0.05, 0) is 31.8 Å². The highest BCUT2D eigenvalue weighted by atomic mass is 16.4. The van der Waals surface area contributed by atoms with Crippen LogP contribution in [-0.4, -0.2) is 52.0 Å². The number of hydrogen-bond acceptors (Lipinski definition) is 4. The van der Waals surface area contributed by atoms with Gasteiger partial charge in [0, 0.05) is 6.54 Å². The summed E-state index contributed by atoms with van der Waals surface area (Å²) >= 11 is 0. The molecule has 1 fully saturated rings. The zero-order valence-electron chi connectivity index (χ0n) is 11.3. The molecule has 0 aliphatic carbocycles. The minimum Gasteiger partial charge on any atom is -0.477 e. The van der Waals surface area contributed by atoms with Gasteiger partial charge >= 0.3 is 5.97 Å². The highest BCUT2D eigenvalue weighted by Crippen LogP contribution is 2.44.